The van der Waals surface area contributed by atoms with Gasteiger partial charge in [-0.25, -0.2) is 0 Å². The van der Waals surface area contributed by atoms with E-state index in [2.05, 4.69) is 0 Å². The van der Waals surface area contributed by atoms with Crippen LogP contribution in [0.5, 0.6) is 5.75 Å². The summed E-state index contributed by atoms with van der Waals surface area (Å²) in [7, 11) is 0. The molecule has 0 bridgehead atoms. The van der Waals surface area contributed by atoms with Gasteiger partial charge in [0.15, 0.2) is 0 Å². The highest BCUT2D eigenvalue weighted by molar-refractivity contribution is 5.98. The van der Waals surface area contributed by atoms with Crippen molar-refractivity contribution in [2.45, 2.75) is 63.9 Å². The van der Waals surface area contributed by atoms with Gasteiger partial charge in [0.05, 0.1) is 6.61 Å². The first-order valence-corrected chi connectivity index (χ1v) is 11.2. The molecule has 4 rings (SSSR count). The van der Waals surface area contributed by atoms with Gasteiger partial charge in [-0.3, -0.25) is 4.79 Å². The van der Waals surface area contributed by atoms with E-state index in [9.17, 15) is 25.2 Å². The van der Waals surface area contributed by atoms with Gasteiger partial charge in [-0.1, -0.05) is 18.2 Å². The highest BCUT2D eigenvalue weighted by Crippen LogP contribution is 2.32. The molecule has 3 unspecified atom stereocenters. The van der Waals surface area contributed by atoms with Gasteiger partial charge in [0.25, 0.3) is 5.91 Å². The van der Waals surface area contributed by atoms with E-state index in [0.29, 0.717) is 5.75 Å². The molecule has 1 amide bonds. The van der Waals surface area contributed by atoms with Crippen molar-refractivity contribution in [3.8, 4) is 16.9 Å². The molecule has 2 aromatic carbocycles. The zero-order valence-electron chi connectivity index (χ0n) is 19.0. The van der Waals surface area contributed by atoms with Crippen molar-refractivity contribution >= 4 is 5.91 Å². The number of ether oxygens (including phenoxy) is 2. The largest absolute Gasteiger partial charge is 0.462 e. The minimum Gasteiger partial charge on any atom is -0.462 e. The molecule has 178 valence electrons. The highest BCUT2D eigenvalue weighted by atomic mass is 16.7. The Labute approximate surface area is 193 Å². The van der Waals surface area contributed by atoms with Crippen molar-refractivity contribution in [3.05, 3.63) is 53.1 Å². The molecule has 8 nitrogen and oxygen atoms in total. The van der Waals surface area contributed by atoms with Crippen molar-refractivity contribution in [2.24, 2.45) is 0 Å². The number of fused-ring (bicyclic) bond motifs is 1. The first-order chi connectivity index (χ1) is 15.7. The number of hydrogen-bond donors (Lipinski definition) is 4. The normalized spacial score (nSPS) is 27.6. The Morgan fingerprint density at radius 3 is 2.42 bits per heavy atom. The van der Waals surface area contributed by atoms with Gasteiger partial charge in [0.2, 0.25) is 6.29 Å². The van der Waals surface area contributed by atoms with E-state index in [1.54, 1.807) is 6.07 Å². The molecule has 33 heavy (non-hydrogen) atoms. The van der Waals surface area contributed by atoms with Crippen molar-refractivity contribution in [2.75, 3.05) is 13.2 Å². The van der Waals surface area contributed by atoms with Crippen LogP contribution in [0.4, 0.5) is 0 Å². The topological polar surface area (TPSA) is 120 Å². The summed E-state index contributed by atoms with van der Waals surface area (Å²) in [6, 6.07) is 11.6. The molecule has 2 heterocycles. The van der Waals surface area contributed by atoms with Gasteiger partial charge >= 0.3 is 0 Å². The van der Waals surface area contributed by atoms with Gasteiger partial charge < -0.3 is 34.8 Å². The summed E-state index contributed by atoms with van der Waals surface area (Å²) in [5, 5.41) is 39.5. The lowest BCUT2D eigenvalue weighted by Crippen LogP contribution is -2.60. The summed E-state index contributed by atoms with van der Waals surface area (Å²) in [6.45, 7) is 6.08. The SMILES string of the molecule is Cc1cc(-c2ccc3c(c2)C(=O)N(C(C)C)CC3)ccc1O[C@H]1OC(CO)[C@@H](O)C(O)C1O. The van der Waals surface area contributed by atoms with Crippen LogP contribution < -0.4 is 4.74 Å². The number of aliphatic hydroxyl groups is 4. The Kier molecular flexibility index (Phi) is 6.74. The van der Waals surface area contributed by atoms with Gasteiger partial charge in [-0.05, 0) is 67.6 Å². The predicted molar refractivity (Wildman–Crippen MR) is 121 cm³/mol. The molecule has 8 heteroatoms. The molecule has 0 aromatic heterocycles. The Morgan fingerprint density at radius 1 is 1.06 bits per heavy atom. The van der Waals surface area contributed by atoms with Crippen LogP contribution in [0.3, 0.4) is 0 Å². The Balaban J connectivity index is 1.56. The van der Waals surface area contributed by atoms with E-state index in [4.69, 9.17) is 9.47 Å². The lowest BCUT2D eigenvalue weighted by Gasteiger charge is -2.39. The zero-order chi connectivity index (χ0) is 23.9. The molecule has 0 saturated carbocycles. The number of rotatable bonds is 5. The molecule has 1 saturated heterocycles. The smallest absolute Gasteiger partial charge is 0.254 e. The van der Waals surface area contributed by atoms with Crippen LogP contribution in [-0.2, 0) is 11.2 Å². The molecule has 2 aromatic rings. The third-order valence-corrected chi connectivity index (χ3v) is 6.45. The van der Waals surface area contributed by atoms with Crippen LogP contribution >= 0.6 is 0 Å². The minimum atomic E-state index is -1.50. The monoisotopic (exact) mass is 457 g/mol. The van der Waals surface area contributed by atoms with E-state index in [0.717, 1.165) is 40.8 Å². The summed E-state index contributed by atoms with van der Waals surface area (Å²) in [5.74, 6) is 0.482. The maximum absolute atomic E-state index is 12.9. The zero-order valence-corrected chi connectivity index (χ0v) is 19.0. The molecular formula is C25H31NO7. The average Bonchev–Trinajstić information content (AvgIpc) is 2.80. The van der Waals surface area contributed by atoms with E-state index < -0.39 is 37.3 Å². The number of hydrogen-bond acceptors (Lipinski definition) is 7. The second-order valence-corrected chi connectivity index (χ2v) is 9.01. The minimum absolute atomic E-state index is 0.0485. The summed E-state index contributed by atoms with van der Waals surface area (Å²) in [6.07, 6.45) is -5.85. The summed E-state index contributed by atoms with van der Waals surface area (Å²) in [5.41, 5.74) is 4.37. The molecule has 1 fully saturated rings. The van der Waals surface area contributed by atoms with Crippen molar-refractivity contribution < 1.29 is 34.7 Å². The van der Waals surface area contributed by atoms with Crippen LogP contribution in [0.15, 0.2) is 36.4 Å². The van der Waals surface area contributed by atoms with Crippen LogP contribution in [0.2, 0.25) is 0 Å². The summed E-state index contributed by atoms with van der Waals surface area (Å²) >= 11 is 0. The maximum Gasteiger partial charge on any atom is 0.254 e. The van der Waals surface area contributed by atoms with Crippen LogP contribution in [0.25, 0.3) is 11.1 Å². The molecule has 0 radical (unpaired) electrons. The highest BCUT2D eigenvalue weighted by Gasteiger charge is 2.44. The quantitative estimate of drug-likeness (QED) is 0.533. The third-order valence-electron chi connectivity index (χ3n) is 6.45. The van der Waals surface area contributed by atoms with Crippen LogP contribution in [0.1, 0.15) is 35.3 Å². The van der Waals surface area contributed by atoms with E-state index in [-0.39, 0.29) is 11.9 Å². The fourth-order valence-electron chi connectivity index (χ4n) is 4.41. The number of carbonyl (C=O) groups excluding carboxylic acids is 1. The second-order valence-electron chi connectivity index (χ2n) is 9.01. The molecular weight excluding hydrogens is 426 g/mol. The van der Waals surface area contributed by atoms with Crippen LogP contribution in [-0.4, -0.2) is 81.1 Å². The fourth-order valence-corrected chi connectivity index (χ4v) is 4.41. The number of carbonyl (C=O) groups is 1. The third kappa shape index (κ3) is 4.49. The fraction of sp³-hybridized carbons (Fsp3) is 0.480. The predicted octanol–water partition coefficient (Wildman–Crippen LogP) is 1.25. The van der Waals surface area contributed by atoms with Crippen molar-refractivity contribution in [1.82, 2.24) is 4.90 Å². The number of aliphatic hydroxyl groups excluding tert-OH is 4. The van der Waals surface area contributed by atoms with Crippen molar-refractivity contribution in [3.63, 3.8) is 0 Å². The molecule has 2 aliphatic rings. The lowest BCUT2D eigenvalue weighted by molar-refractivity contribution is -0.277. The molecule has 2 aliphatic heterocycles. The summed E-state index contributed by atoms with van der Waals surface area (Å²) < 4.78 is 11.2. The van der Waals surface area contributed by atoms with Gasteiger partial charge in [0, 0.05) is 18.2 Å². The number of nitrogens with zero attached hydrogens (tertiary/aromatic N) is 1. The van der Waals surface area contributed by atoms with E-state index in [1.807, 2.05) is 56.0 Å². The standard InChI is InChI=1S/C25H31NO7/c1-13(2)26-9-8-15-4-5-17(11-18(15)24(26)31)16-6-7-19(14(3)10-16)32-25-23(30)22(29)21(28)20(12-27)33-25/h4-7,10-11,13,20-23,25,27-30H,8-9,12H2,1-3H3/t20?,21-,22?,23?,25+/m1/s1. The Bertz CT molecular complexity index is 1020. The van der Waals surface area contributed by atoms with Crippen LogP contribution in [0, 0.1) is 6.92 Å². The van der Waals surface area contributed by atoms with Gasteiger partial charge in [-0.15, -0.1) is 0 Å². The maximum atomic E-state index is 12.9. The lowest BCUT2D eigenvalue weighted by atomic mass is 9.93. The molecule has 4 N–H and O–H groups in total. The first-order valence-electron chi connectivity index (χ1n) is 11.2. The molecule has 0 aliphatic carbocycles. The number of amides is 1. The van der Waals surface area contributed by atoms with E-state index >= 15 is 0 Å². The van der Waals surface area contributed by atoms with Gasteiger partial charge in [0.1, 0.15) is 30.2 Å². The Hall–Kier alpha value is -2.49. The molecule has 5 atom stereocenters. The molecule has 0 spiro atoms. The first kappa shape index (κ1) is 23.7. The van der Waals surface area contributed by atoms with Crippen molar-refractivity contribution in [1.29, 1.82) is 0 Å². The second kappa shape index (κ2) is 9.40. The van der Waals surface area contributed by atoms with Gasteiger partial charge in [-0.2, -0.15) is 0 Å². The van der Waals surface area contributed by atoms with E-state index in [1.165, 1.54) is 0 Å². The number of benzene rings is 2. The summed E-state index contributed by atoms with van der Waals surface area (Å²) in [4.78, 5) is 14.8. The average molecular weight is 458 g/mol. The number of aryl methyl sites for hydroxylation is 1. The Morgan fingerprint density at radius 2 is 1.76 bits per heavy atom.